The van der Waals surface area contributed by atoms with Gasteiger partial charge in [0.2, 0.25) is 5.95 Å². The summed E-state index contributed by atoms with van der Waals surface area (Å²) in [4.78, 5) is 18.3. The second kappa shape index (κ2) is 11.4. The molecule has 3 aromatic rings. The summed E-state index contributed by atoms with van der Waals surface area (Å²) in [5.74, 6) is 0.479. The minimum Gasteiger partial charge on any atom is -0.404 e. The molecule has 0 amide bonds. The van der Waals surface area contributed by atoms with E-state index in [0.29, 0.717) is 17.7 Å². The van der Waals surface area contributed by atoms with Crippen molar-refractivity contribution in [1.29, 1.82) is 0 Å². The molecule has 1 aliphatic heterocycles. The summed E-state index contributed by atoms with van der Waals surface area (Å²) >= 11 is 0. The van der Waals surface area contributed by atoms with Gasteiger partial charge in [0.05, 0.1) is 28.8 Å². The highest BCUT2D eigenvalue weighted by Crippen LogP contribution is 2.39. The summed E-state index contributed by atoms with van der Waals surface area (Å²) < 4.78 is 1.94. The average Bonchev–Trinajstić information content (AvgIpc) is 3.30. The van der Waals surface area contributed by atoms with Gasteiger partial charge in [-0.05, 0) is 49.9 Å². The van der Waals surface area contributed by atoms with E-state index in [1.165, 1.54) is 6.20 Å². The maximum absolute atomic E-state index is 5.90. The lowest BCUT2D eigenvalue weighted by Gasteiger charge is -2.19. The molecule has 6 N–H and O–H groups in total. The Morgan fingerprint density at radius 1 is 1.13 bits per heavy atom. The van der Waals surface area contributed by atoms with Gasteiger partial charge in [0, 0.05) is 64.7 Å². The van der Waals surface area contributed by atoms with Crippen molar-refractivity contribution in [1.82, 2.24) is 25.1 Å². The van der Waals surface area contributed by atoms with Crippen LogP contribution in [0.1, 0.15) is 32.5 Å². The fourth-order valence-electron chi connectivity index (χ4n) is 5.01. The number of hydrogen-bond donors (Lipinski definition) is 4. The van der Waals surface area contributed by atoms with Crippen LogP contribution in [-0.2, 0) is 19.9 Å². The number of hydrogen-bond acceptors (Lipinski definition) is 9. The van der Waals surface area contributed by atoms with Gasteiger partial charge in [-0.1, -0.05) is 24.3 Å². The van der Waals surface area contributed by atoms with E-state index in [2.05, 4.69) is 32.7 Å². The zero-order valence-electron chi connectivity index (χ0n) is 21.9. The second-order valence-electron chi connectivity index (χ2n) is 9.45. The van der Waals surface area contributed by atoms with Gasteiger partial charge in [-0.25, -0.2) is 9.97 Å². The van der Waals surface area contributed by atoms with Crippen molar-refractivity contribution >= 4 is 24.0 Å². The monoisotopic (exact) mass is 514 g/mol. The first-order chi connectivity index (χ1) is 18.6. The quantitative estimate of drug-likeness (QED) is 0.354. The van der Waals surface area contributed by atoms with Crippen LogP contribution in [-0.4, -0.2) is 58.4 Å². The number of aliphatic imine (C=N–C) groups is 2. The maximum atomic E-state index is 5.90. The Kier molecular flexibility index (Phi) is 7.60. The number of allylic oxidation sites excluding steroid dienone is 2. The maximum Gasteiger partial charge on any atom is 0.227 e. The highest BCUT2D eigenvalue weighted by molar-refractivity contribution is 6.09. The van der Waals surface area contributed by atoms with E-state index in [1.807, 2.05) is 30.1 Å². The number of benzene rings is 1. The first-order valence-corrected chi connectivity index (χ1v) is 12.9. The molecule has 5 rings (SSSR count). The van der Waals surface area contributed by atoms with Gasteiger partial charge in [0.1, 0.15) is 0 Å². The van der Waals surface area contributed by atoms with Crippen molar-refractivity contribution in [2.75, 3.05) is 25.5 Å². The first kappa shape index (κ1) is 25.3. The van der Waals surface area contributed by atoms with Gasteiger partial charge < -0.3 is 22.1 Å². The molecular formula is C28H38N10. The molecule has 0 spiro atoms. The Hall–Kier alpha value is -4.31. The number of fused-ring (bicyclic) bond motifs is 3. The molecule has 1 aromatic carbocycles. The normalized spacial score (nSPS) is 16.7. The van der Waals surface area contributed by atoms with Crippen LogP contribution in [0.3, 0.4) is 0 Å². The lowest BCUT2D eigenvalue weighted by molar-refractivity contribution is 0.461. The molecule has 1 fully saturated rings. The molecule has 1 aliphatic carbocycles. The number of nitrogens with zero attached hydrogens (tertiary/aromatic N) is 6. The van der Waals surface area contributed by atoms with Crippen molar-refractivity contribution in [3.05, 3.63) is 65.4 Å². The van der Waals surface area contributed by atoms with E-state index in [9.17, 15) is 0 Å². The number of anilines is 1. The number of nitrogens with two attached hydrogens (primary N) is 2. The van der Waals surface area contributed by atoms with E-state index in [4.69, 9.17) is 26.5 Å². The summed E-state index contributed by atoms with van der Waals surface area (Å²) in [5.41, 5.74) is 20.4. The largest absolute Gasteiger partial charge is 0.404 e. The summed E-state index contributed by atoms with van der Waals surface area (Å²) in [6.45, 7) is 1.98. The molecule has 10 nitrogen and oxygen atoms in total. The van der Waals surface area contributed by atoms with Gasteiger partial charge in [0.15, 0.2) is 0 Å². The lowest BCUT2D eigenvalue weighted by Crippen LogP contribution is -2.30. The molecule has 38 heavy (non-hydrogen) atoms. The van der Waals surface area contributed by atoms with E-state index in [1.54, 1.807) is 25.7 Å². The third-order valence-electron chi connectivity index (χ3n) is 6.96. The Bertz CT molecular complexity index is 1420. The van der Waals surface area contributed by atoms with Crippen molar-refractivity contribution in [2.24, 2.45) is 28.5 Å². The van der Waals surface area contributed by atoms with Crippen molar-refractivity contribution in [3.63, 3.8) is 0 Å². The Morgan fingerprint density at radius 3 is 2.63 bits per heavy atom. The van der Waals surface area contributed by atoms with Crippen LogP contribution in [0.5, 0.6) is 0 Å². The lowest BCUT2D eigenvalue weighted by atomic mass is 9.91. The highest BCUT2D eigenvalue weighted by Gasteiger charge is 2.27. The van der Waals surface area contributed by atoms with E-state index in [0.717, 1.165) is 83.7 Å². The Morgan fingerprint density at radius 2 is 1.92 bits per heavy atom. The van der Waals surface area contributed by atoms with Crippen LogP contribution < -0.4 is 22.1 Å². The number of aromatic nitrogens is 4. The zero-order valence-corrected chi connectivity index (χ0v) is 21.9. The molecule has 3 heterocycles. The molecule has 2 aliphatic rings. The number of rotatable bonds is 7. The third kappa shape index (κ3) is 5.21. The minimum absolute atomic E-state index is 0. The van der Waals surface area contributed by atoms with Crippen LogP contribution in [0.2, 0.25) is 0 Å². The van der Waals surface area contributed by atoms with Crippen molar-refractivity contribution in [2.45, 2.75) is 31.7 Å². The van der Waals surface area contributed by atoms with Crippen LogP contribution in [0.25, 0.3) is 28.1 Å². The molecule has 0 bridgehead atoms. The van der Waals surface area contributed by atoms with Crippen LogP contribution in [0.4, 0.5) is 5.95 Å². The van der Waals surface area contributed by atoms with Gasteiger partial charge >= 0.3 is 0 Å². The molecule has 0 unspecified atom stereocenters. The van der Waals surface area contributed by atoms with E-state index < -0.39 is 0 Å². The molecule has 2 aromatic heterocycles. The first-order valence-electron chi connectivity index (χ1n) is 12.9. The topological polar surface area (TPSA) is 144 Å². The third-order valence-corrected chi connectivity index (χ3v) is 6.96. The standard InChI is InChI=1S/C28H34N10.2H2/c1-31-15-21(13-29)18-3-5-19(6-4-18)27-25-24(37-38(27)2)8-7-20-16-34-28(36-26(20)25)35-23(14-30)17-33-22-9-11-32-12-10-22;;/h3-6,13-17,22,32H,7-12,29-30H2,1-2H3,(H,34,35,36);2*1H/b21-13+,23-14+,31-15?,33-17?;;. The van der Waals surface area contributed by atoms with Crippen LogP contribution in [0.15, 0.2) is 58.5 Å². The minimum atomic E-state index is 0. The summed E-state index contributed by atoms with van der Waals surface area (Å²) in [6.07, 6.45) is 12.2. The summed E-state index contributed by atoms with van der Waals surface area (Å²) in [5, 5.41) is 11.4. The summed E-state index contributed by atoms with van der Waals surface area (Å²) in [6, 6.07) is 8.56. The zero-order chi connectivity index (χ0) is 26.5. The molecule has 0 saturated carbocycles. The van der Waals surface area contributed by atoms with Gasteiger partial charge in [-0.15, -0.1) is 0 Å². The van der Waals surface area contributed by atoms with Crippen molar-refractivity contribution in [3.8, 4) is 22.5 Å². The predicted molar refractivity (Wildman–Crippen MR) is 158 cm³/mol. The van der Waals surface area contributed by atoms with Gasteiger partial charge in [0.25, 0.3) is 0 Å². The number of nitrogens with one attached hydrogen (secondary N) is 2. The number of piperidine rings is 1. The highest BCUT2D eigenvalue weighted by atomic mass is 15.3. The van der Waals surface area contributed by atoms with Crippen LogP contribution >= 0.6 is 0 Å². The molecule has 200 valence electrons. The molecule has 0 radical (unpaired) electrons. The van der Waals surface area contributed by atoms with Gasteiger partial charge in [-0.3, -0.25) is 14.7 Å². The average molecular weight is 515 g/mol. The fraction of sp³-hybridized carbons (Fsp3) is 0.321. The molecule has 1 saturated heterocycles. The predicted octanol–water partition coefficient (Wildman–Crippen LogP) is 3.17. The SMILES string of the molecule is CN=C/C(=C\N)c1ccc(-c2c3c(nn2C)CCc2cnc(N/C(C=NC4CCNCC4)=C/N)nc2-3)cc1.[HH].[HH]. The number of aryl methyl sites for hydroxylation is 3. The van der Waals surface area contributed by atoms with E-state index >= 15 is 0 Å². The van der Waals surface area contributed by atoms with E-state index in [-0.39, 0.29) is 2.85 Å². The second-order valence-corrected chi connectivity index (χ2v) is 9.45. The summed E-state index contributed by atoms with van der Waals surface area (Å²) in [7, 11) is 3.71. The van der Waals surface area contributed by atoms with Gasteiger partial charge in [-0.2, -0.15) is 5.10 Å². The molecule has 10 heteroatoms. The fourth-order valence-corrected chi connectivity index (χ4v) is 5.01. The Labute approximate surface area is 225 Å². The molecule has 0 atom stereocenters. The Balaban J connectivity index is 0.00000220. The van der Waals surface area contributed by atoms with Crippen molar-refractivity contribution < 1.29 is 2.85 Å². The van der Waals surface area contributed by atoms with Crippen LogP contribution in [0, 0.1) is 0 Å². The molecular weight excluding hydrogens is 476 g/mol. The smallest absolute Gasteiger partial charge is 0.227 e.